The molecule has 1 aromatic rings. The Labute approximate surface area is 79.6 Å². The molecule has 0 aliphatic rings. The van der Waals surface area contributed by atoms with E-state index in [1.54, 1.807) is 0 Å². The van der Waals surface area contributed by atoms with Crippen LogP contribution in [0.4, 0.5) is 0 Å². The molecule has 0 fully saturated rings. The smallest absolute Gasteiger partial charge is 0.0159 e. The summed E-state index contributed by atoms with van der Waals surface area (Å²) < 4.78 is 1.34. The number of benzene rings is 1. The molecule has 1 aromatic carbocycles. The zero-order valence-electron chi connectivity index (χ0n) is 5.10. The molecule has 0 radical (unpaired) electrons. The molecule has 0 saturated heterocycles. The van der Waals surface area contributed by atoms with Crippen molar-refractivity contribution in [2.45, 2.75) is 6.92 Å². The lowest BCUT2D eigenvalue weighted by molar-refractivity contribution is 1.43. The van der Waals surface area contributed by atoms with Crippen molar-refractivity contribution in [3.05, 3.63) is 33.4 Å². The first kappa shape index (κ1) is 9.43. The fourth-order valence-electron chi connectivity index (χ4n) is 0.551. The highest BCUT2D eigenvalue weighted by Crippen LogP contribution is 2.08. The van der Waals surface area contributed by atoms with Crippen LogP contribution in [0.3, 0.4) is 0 Å². The highest BCUT2D eigenvalue weighted by atomic mass is 127. The van der Waals surface area contributed by atoms with Gasteiger partial charge in [0.15, 0.2) is 0 Å². The molecular weight excluding hydrogens is 291 g/mol. The summed E-state index contributed by atoms with van der Waals surface area (Å²) in [5.41, 5.74) is 1.35. The fourth-order valence-corrected chi connectivity index (χ4v) is 0.938. The summed E-state index contributed by atoms with van der Waals surface area (Å²) in [6.45, 7) is 2.11. The van der Waals surface area contributed by atoms with Gasteiger partial charge in [-0.1, -0.05) is 18.2 Å². The molecule has 0 aliphatic carbocycles. The zero-order chi connectivity index (χ0) is 5.98. The quantitative estimate of drug-likeness (QED) is 0.645. The molecule has 0 heterocycles. The lowest BCUT2D eigenvalue weighted by Gasteiger charge is -1.91. The summed E-state index contributed by atoms with van der Waals surface area (Å²) in [5, 5.41) is 0. The molecule has 0 aromatic heterocycles. The molecule has 9 heavy (non-hydrogen) atoms. The summed E-state index contributed by atoms with van der Waals surface area (Å²) in [6, 6.07) is 8.32. The average molecular weight is 299 g/mol. The van der Waals surface area contributed by atoms with E-state index in [1.165, 1.54) is 9.13 Å². The van der Waals surface area contributed by atoms with Crippen LogP contribution in [0.5, 0.6) is 0 Å². The molecule has 0 unspecified atom stereocenters. The van der Waals surface area contributed by atoms with Gasteiger partial charge in [-0.25, -0.2) is 0 Å². The summed E-state index contributed by atoms with van der Waals surface area (Å²) in [6.07, 6.45) is 0. The second kappa shape index (κ2) is 4.28. The first-order chi connectivity index (χ1) is 3.80. The monoisotopic (exact) mass is 298 g/mol. The maximum Gasteiger partial charge on any atom is 0.0159 e. The predicted molar refractivity (Wildman–Crippen MR) is 54.2 cm³/mol. The van der Waals surface area contributed by atoms with Crippen LogP contribution >= 0.6 is 39.6 Å². The Bertz CT molecular complexity index is 165. The Balaban J connectivity index is 0.000000640. The summed E-state index contributed by atoms with van der Waals surface area (Å²) in [5.74, 6) is 0. The predicted octanol–water partition coefficient (Wildman–Crippen LogP) is 3.18. The van der Waals surface area contributed by atoms with Crippen LogP contribution in [-0.4, -0.2) is 0 Å². The van der Waals surface area contributed by atoms with E-state index in [4.69, 9.17) is 0 Å². The number of hydrogen-bond donors (Lipinski definition) is 0. The van der Waals surface area contributed by atoms with Gasteiger partial charge in [0.05, 0.1) is 0 Å². The highest BCUT2D eigenvalue weighted by Gasteiger charge is 1.85. The Morgan fingerprint density at radius 2 is 1.78 bits per heavy atom. The second-order valence-electron chi connectivity index (χ2n) is 1.75. The first-order valence-corrected chi connectivity index (χ1v) is 3.60. The lowest BCUT2D eigenvalue weighted by atomic mass is 10.2. The normalized spacial score (nSPS) is 8.22. The SMILES string of the molecule is Br.Cc1ccccc1I. The van der Waals surface area contributed by atoms with Gasteiger partial charge in [-0.3, -0.25) is 0 Å². The van der Waals surface area contributed by atoms with E-state index in [9.17, 15) is 0 Å². The zero-order valence-corrected chi connectivity index (χ0v) is 8.97. The van der Waals surface area contributed by atoms with Crippen LogP contribution in [0.15, 0.2) is 24.3 Å². The Hall–Kier alpha value is 0.430. The van der Waals surface area contributed by atoms with E-state index in [1.807, 2.05) is 0 Å². The van der Waals surface area contributed by atoms with E-state index < -0.39 is 0 Å². The van der Waals surface area contributed by atoms with Gasteiger partial charge in [-0.15, -0.1) is 17.0 Å². The fraction of sp³-hybridized carbons (Fsp3) is 0.143. The van der Waals surface area contributed by atoms with Crippen molar-refractivity contribution in [2.24, 2.45) is 0 Å². The van der Waals surface area contributed by atoms with Gasteiger partial charge >= 0.3 is 0 Å². The molecule has 0 nitrogen and oxygen atoms in total. The molecule has 1 rings (SSSR count). The van der Waals surface area contributed by atoms with Gasteiger partial charge in [0.25, 0.3) is 0 Å². The third kappa shape index (κ3) is 2.67. The molecule has 0 saturated carbocycles. The van der Waals surface area contributed by atoms with Crippen molar-refractivity contribution >= 4 is 39.6 Å². The highest BCUT2D eigenvalue weighted by molar-refractivity contribution is 14.1. The van der Waals surface area contributed by atoms with E-state index in [0.717, 1.165) is 0 Å². The van der Waals surface area contributed by atoms with Crippen molar-refractivity contribution < 1.29 is 0 Å². The number of rotatable bonds is 0. The molecule has 0 N–H and O–H groups in total. The second-order valence-corrected chi connectivity index (χ2v) is 2.91. The topological polar surface area (TPSA) is 0 Å². The van der Waals surface area contributed by atoms with Gasteiger partial charge in [0.2, 0.25) is 0 Å². The summed E-state index contributed by atoms with van der Waals surface area (Å²) in [4.78, 5) is 0. The minimum absolute atomic E-state index is 0. The van der Waals surface area contributed by atoms with Crippen LogP contribution < -0.4 is 0 Å². The van der Waals surface area contributed by atoms with Crippen molar-refractivity contribution in [3.8, 4) is 0 Å². The molecule has 0 bridgehead atoms. The molecule has 2 heteroatoms. The maximum atomic E-state index is 2.32. The van der Waals surface area contributed by atoms with Gasteiger partial charge < -0.3 is 0 Å². The maximum absolute atomic E-state index is 2.32. The third-order valence-corrected chi connectivity index (χ3v) is 2.29. The van der Waals surface area contributed by atoms with Crippen LogP contribution in [0.1, 0.15) is 5.56 Å². The van der Waals surface area contributed by atoms with E-state index in [0.29, 0.717) is 0 Å². The Kier molecular flexibility index (Phi) is 4.48. The molecule has 0 amide bonds. The molecule has 50 valence electrons. The van der Waals surface area contributed by atoms with E-state index >= 15 is 0 Å². The molecule has 0 aliphatic heterocycles. The minimum atomic E-state index is 0. The van der Waals surface area contributed by atoms with Crippen molar-refractivity contribution in [1.82, 2.24) is 0 Å². The molecular formula is C7H8BrI. The molecule has 0 atom stereocenters. The van der Waals surface area contributed by atoms with Gasteiger partial charge in [-0.2, -0.15) is 0 Å². The molecule has 0 spiro atoms. The van der Waals surface area contributed by atoms with Gasteiger partial charge in [0.1, 0.15) is 0 Å². The largest absolute Gasteiger partial charge is 0.114 e. The summed E-state index contributed by atoms with van der Waals surface area (Å²) in [7, 11) is 0. The van der Waals surface area contributed by atoms with E-state index in [-0.39, 0.29) is 17.0 Å². The van der Waals surface area contributed by atoms with E-state index in [2.05, 4.69) is 53.8 Å². The van der Waals surface area contributed by atoms with Gasteiger partial charge in [0, 0.05) is 3.57 Å². The minimum Gasteiger partial charge on any atom is -0.114 e. The van der Waals surface area contributed by atoms with Gasteiger partial charge in [-0.05, 0) is 41.1 Å². The Morgan fingerprint density at radius 3 is 2.11 bits per heavy atom. The van der Waals surface area contributed by atoms with Crippen LogP contribution in [0.2, 0.25) is 0 Å². The van der Waals surface area contributed by atoms with Crippen molar-refractivity contribution in [2.75, 3.05) is 0 Å². The standard InChI is InChI=1S/C7H7I.BrH/c1-6-4-2-3-5-7(6)8;/h2-5H,1H3;1H. The Morgan fingerprint density at radius 1 is 1.22 bits per heavy atom. The average Bonchev–Trinajstić information content (AvgIpc) is 1.77. The van der Waals surface area contributed by atoms with Crippen molar-refractivity contribution in [1.29, 1.82) is 0 Å². The van der Waals surface area contributed by atoms with Crippen LogP contribution in [0, 0.1) is 10.5 Å². The third-order valence-electron chi connectivity index (χ3n) is 1.08. The first-order valence-electron chi connectivity index (χ1n) is 2.52. The number of hydrogen-bond acceptors (Lipinski definition) is 0. The lowest BCUT2D eigenvalue weighted by Crippen LogP contribution is -1.74. The number of aryl methyl sites for hydroxylation is 1. The van der Waals surface area contributed by atoms with Crippen molar-refractivity contribution in [3.63, 3.8) is 0 Å². The van der Waals surface area contributed by atoms with Crippen LogP contribution in [-0.2, 0) is 0 Å². The summed E-state index contributed by atoms with van der Waals surface area (Å²) >= 11 is 2.32. The number of halogens is 2. The van der Waals surface area contributed by atoms with Crippen LogP contribution in [0.25, 0.3) is 0 Å².